The Balaban J connectivity index is 0.00000338. The first kappa shape index (κ1) is 23.5. The normalized spacial score (nSPS) is 17.5. The second-order valence-corrected chi connectivity index (χ2v) is 7.95. The number of rotatable bonds is 7. The summed E-state index contributed by atoms with van der Waals surface area (Å²) in [7, 11) is 1.62. The number of nitrogens with one attached hydrogen (secondary N) is 2. The van der Waals surface area contributed by atoms with Gasteiger partial charge < -0.3 is 15.4 Å². The maximum Gasteiger partial charge on any atom is 0.252 e. The number of ether oxygens (including phenoxy) is 1. The molecule has 4 nitrogen and oxygen atoms in total. The minimum absolute atomic E-state index is 0. The molecule has 2 N–H and O–H groups in total. The number of hydrogen-bond acceptors (Lipinski definition) is 3. The van der Waals surface area contributed by atoms with E-state index >= 15 is 0 Å². The number of halogens is 3. The van der Waals surface area contributed by atoms with Gasteiger partial charge in [-0.15, -0.1) is 12.4 Å². The molecule has 1 aliphatic rings. The summed E-state index contributed by atoms with van der Waals surface area (Å²) in [5.41, 5.74) is 0.354. The number of methoxy groups -OCH3 is 1. The van der Waals surface area contributed by atoms with E-state index in [1.165, 1.54) is 0 Å². The predicted octanol–water partition coefficient (Wildman–Crippen LogP) is 4.11. The smallest absolute Gasteiger partial charge is 0.252 e. The van der Waals surface area contributed by atoms with Crippen molar-refractivity contribution in [3.05, 3.63) is 33.8 Å². The van der Waals surface area contributed by atoms with Gasteiger partial charge in [0.15, 0.2) is 0 Å². The van der Waals surface area contributed by atoms with E-state index in [2.05, 4.69) is 24.5 Å². The lowest BCUT2D eigenvalue weighted by Gasteiger charge is -2.35. The van der Waals surface area contributed by atoms with Gasteiger partial charge in [-0.1, -0.05) is 43.1 Å². The molecule has 148 valence electrons. The third kappa shape index (κ3) is 6.00. The Kier molecular flexibility index (Phi) is 9.70. The summed E-state index contributed by atoms with van der Waals surface area (Å²) in [6.07, 6.45) is 2.20. The Bertz CT molecular complexity index is 590. The van der Waals surface area contributed by atoms with E-state index in [1.807, 2.05) is 12.1 Å². The quantitative estimate of drug-likeness (QED) is 0.694. The van der Waals surface area contributed by atoms with Crippen LogP contribution in [0.2, 0.25) is 10.0 Å². The van der Waals surface area contributed by atoms with E-state index < -0.39 is 5.60 Å². The molecule has 1 aliphatic heterocycles. The first-order chi connectivity index (χ1) is 11.9. The summed E-state index contributed by atoms with van der Waals surface area (Å²) in [5, 5.41) is 7.70. The molecular formula is C19H29Cl3N2O2. The van der Waals surface area contributed by atoms with Crippen LogP contribution in [0.5, 0.6) is 0 Å². The van der Waals surface area contributed by atoms with Crippen molar-refractivity contribution in [2.24, 2.45) is 11.8 Å². The molecule has 0 radical (unpaired) electrons. The van der Waals surface area contributed by atoms with Crippen LogP contribution in [0.3, 0.4) is 0 Å². The van der Waals surface area contributed by atoms with Gasteiger partial charge in [0.25, 0.3) is 5.91 Å². The Labute approximate surface area is 172 Å². The second-order valence-electron chi connectivity index (χ2n) is 7.10. The molecule has 1 aromatic rings. The van der Waals surface area contributed by atoms with Crippen LogP contribution in [0, 0.1) is 11.8 Å². The number of amides is 1. The summed E-state index contributed by atoms with van der Waals surface area (Å²) in [6, 6.07) is 5.59. The van der Waals surface area contributed by atoms with Crippen LogP contribution < -0.4 is 10.6 Å². The van der Waals surface area contributed by atoms with Crippen LogP contribution in [0.15, 0.2) is 18.2 Å². The third-order valence-electron chi connectivity index (χ3n) is 5.18. The van der Waals surface area contributed by atoms with Crippen LogP contribution in [0.25, 0.3) is 0 Å². The zero-order valence-electron chi connectivity index (χ0n) is 15.6. The van der Waals surface area contributed by atoms with Crippen LogP contribution in [-0.4, -0.2) is 38.3 Å². The molecule has 0 bridgehead atoms. The summed E-state index contributed by atoms with van der Waals surface area (Å²) >= 11 is 12.3. The molecule has 2 rings (SSSR count). The topological polar surface area (TPSA) is 50.4 Å². The maximum absolute atomic E-state index is 12.7. The number of benzene rings is 1. The fraction of sp³-hybridized carbons (Fsp3) is 0.632. The Morgan fingerprint density at radius 2 is 1.96 bits per heavy atom. The van der Waals surface area contributed by atoms with Crippen LogP contribution in [-0.2, 0) is 16.0 Å². The second kappa shape index (κ2) is 10.7. The highest BCUT2D eigenvalue weighted by Gasteiger charge is 2.39. The molecule has 0 spiro atoms. The van der Waals surface area contributed by atoms with E-state index in [0.717, 1.165) is 25.1 Å². The standard InChI is InChI=1S/C19H28Cl2N2O2.ClH/c1-13(2)15(10-14-4-5-16(20)11-17(14)21)12-23-18(24)19(25-3)6-8-22-9-7-19;/h4-5,11,13,15,22H,6-10,12H2,1-3H3,(H,23,24);1H. The summed E-state index contributed by atoms with van der Waals surface area (Å²) in [5.74, 6) is 0.696. The molecule has 0 saturated carbocycles. The zero-order valence-corrected chi connectivity index (χ0v) is 17.9. The first-order valence-electron chi connectivity index (χ1n) is 8.86. The van der Waals surface area contributed by atoms with E-state index in [9.17, 15) is 4.79 Å². The third-order valence-corrected chi connectivity index (χ3v) is 5.77. The van der Waals surface area contributed by atoms with Gasteiger partial charge in [0.2, 0.25) is 0 Å². The number of carbonyl (C=O) groups is 1. The number of carbonyl (C=O) groups excluding carboxylic acids is 1. The number of piperidine rings is 1. The molecule has 0 aromatic heterocycles. The molecular weight excluding hydrogens is 395 g/mol. The fourth-order valence-corrected chi connectivity index (χ4v) is 3.74. The van der Waals surface area contributed by atoms with E-state index in [0.29, 0.717) is 41.3 Å². The maximum atomic E-state index is 12.7. The fourth-order valence-electron chi connectivity index (χ4n) is 3.25. The summed E-state index contributed by atoms with van der Waals surface area (Å²) < 4.78 is 5.60. The van der Waals surface area contributed by atoms with Gasteiger partial charge in [-0.05, 0) is 61.9 Å². The highest BCUT2D eigenvalue weighted by molar-refractivity contribution is 6.35. The minimum Gasteiger partial charge on any atom is -0.368 e. The molecule has 1 atom stereocenters. The van der Waals surface area contributed by atoms with Gasteiger partial charge >= 0.3 is 0 Å². The summed E-state index contributed by atoms with van der Waals surface area (Å²) in [4.78, 5) is 12.7. The Morgan fingerprint density at radius 1 is 1.31 bits per heavy atom. The van der Waals surface area contributed by atoms with Crippen molar-refractivity contribution in [2.45, 2.75) is 38.7 Å². The van der Waals surface area contributed by atoms with Crippen molar-refractivity contribution in [3.8, 4) is 0 Å². The zero-order chi connectivity index (χ0) is 18.4. The molecule has 1 aromatic carbocycles. The average Bonchev–Trinajstić information content (AvgIpc) is 2.60. The van der Waals surface area contributed by atoms with Crippen molar-refractivity contribution < 1.29 is 9.53 Å². The van der Waals surface area contributed by atoms with Crippen molar-refractivity contribution in [1.29, 1.82) is 0 Å². The van der Waals surface area contributed by atoms with Gasteiger partial charge in [-0.25, -0.2) is 0 Å². The predicted molar refractivity (Wildman–Crippen MR) is 111 cm³/mol. The molecule has 1 fully saturated rings. The Morgan fingerprint density at radius 3 is 2.50 bits per heavy atom. The van der Waals surface area contributed by atoms with Crippen molar-refractivity contribution >= 4 is 41.5 Å². The molecule has 7 heteroatoms. The molecule has 26 heavy (non-hydrogen) atoms. The highest BCUT2D eigenvalue weighted by Crippen LogP contribution is 2.27. The van der Waals surface area contributed by atoms with Crippen LogP contribution in [0.4, 0.5) is 0 Å². The summed E-state index contributed by atoms with van der Waals surface area (Å²) in [6.45, 7) is 6.53. The largest absolute Gasteiger partial charge is 0.368 e. The van der Waals surface area contributed by atoms with Crippen molar-refractivity contribution in [2.75, 3.05) is 26.7 Å². The molecule has 1 saturated heterocycles. The van der Waals surface area contributed by atoms with Crippen LogP contribution >= 0.6 is 35.6 Å². The lowest BCUT2D eigenvalue weighted by atomic mass is 9.87. The molecule has 1 unspecified atom stereocenters. The Hall–Kier alpha value is -0.520. The molecule has 0 aliphatic carbocycles. The lowest BCUT2D eigenvalue weighted by Crippen LogP contribution is -2.55. The van der Waals surface area contributed by atoms with Gasteiger partial charge in [0.1, 0.15) is 5.60 Å². The SMILES string of the molecule is COC1(C(=O)NCC(Cc2ccc(Cl)cc2Cl)C(C)C)CCNCC1.Cl. The van der Waals surface area contributed by atoms with Crippen molar-refractivity contribution in [1.82, 2.24) is 10.6 Å². The van der Waals surface area contributed by atoms with Gasteiger partial charge in [0, 0.05) is 23.7 Å². The monoisotopic (exact) mass is 422 g/mol. The first-order valence-corrected chi connectivity index (χ1v) is 9.61. The molecule has 1 heterocycles. The minimum atomic E-state index is -0.704. The van der Waals surface area contributed by atoms with Crippen LogP contribution in [0.1, 0.15) is 32.3 Å². The van der Waals surface area contributed by atoms with Gasteiger partial charge in [-0.2, -0.15) is 0 Å². The van der Waals surface area contributed by atoms with Crippen molar-refractivity contribution in [3.63, 3.8) is 0 Å². The van der Waals surface area contributed by atoms with E-state index in [-0.39, 0.29) is 18.3 Å². The van der Waals surface area contributed by atoms with Gasteiger partial charge in [-0.3, -0.25) is 4.79 Å². The van der Waals surface area contributed by atoms with Gasteiger partial charge in [0.05, 0.1) is 0 Å². The number of hydrogen-bond donors (Lipinski definition) is 2. The average molecular weight is 424 g/mol. The van der Waals surface area contributed by atoms with E-state index in [1.54, 1.807) is 13.2 Å². The lowest BCUT2D eigenvalue weighted by molar-refractivity contribution is -0.146. The molecule has 1 amide bonds. The van der Waals surface area contributed by atoms with E-state index in [4.69, 9.17) is 27.9 Å². The highest BCUT2D eigenvalue weighted by atomic mass is 35.5.